The summed E-state index contributed by atoms with van der Waals surface area (Å²) in [4.78, 5) is 33.6. The van der Waals surface area contributed by atoms with Gasteiger partial charge in [0, 0.05) is 12.8 Å². The third kappa shape index (κ3) is 25.0. The van der Waals surface area contributed by atoms with E-state index in [1.54, 1.807) is 0 Å². The Morgan fingerprint density at radius 1 is 0.710 bits per heavy atom. The number of nitrogens with two attached hydrogens (primary N) is 1. The van der Waals surface area contributed by atoms with Crippen molar-refractivity contribution in [3.63, 3.8) is 0 Å². The summed E-state index contributed by atoms with van der Waals surface area (Å²) in [7, 11) is 0. The molecule has 0 amide bonds. The maximum absolute atomic E-state index is 11.6. The second-order valence-electron chi connectivity index (χ2n) is 8.03. The summed E-state index contributed by atoms with van der Waals surface area (Å²) < 4.78 is 12.7. The number of carbonyl (C=O) groups is 3. The molecule has 0 aliphatic carbocycles. The number of hydrogen-bond acceptors (Lipinski definition) is 6. The molecule has 0 aliphatic rings. The van der Waals surface area contributed by atoms with E-state index in [1.807, 2.05) is 15.9 Å². The molecule has 0 unspecified atom stereocenters. The van der Waals surface area contributed by atoms with Crippen LogP contribution in [0.15, 0.2) is 0 Å². The number of carboxylic acid groups (broad SMARTS) is 1. The van der Waals surface area contributed by atoms with Gasteiger partial charge in [-0.05, 0) is 12.8 Å². The zero-order valence-corrected chi connectivity index (χ0v) is 20.3. The molecule has 0 fully saturated rings. The van der Waals surface area contributed by atoms with Crippen molar-refractivity contribution in [2.75, 3.05) is 0 Å². The molecule has 31 heavy (non-hydrogen) atoms. The number of ether oxygens (including phenoxy) is 1. The molecule has 0 aromatic heterocycles. The quantitative estimate of drug-likeness (QED) is 0.103. The molecule has 0 aromatic rings. The Hall–Kier alpha value is -1.11. The van der Waals surface area contributed by atoms with Crippen LogP contribution < -0.4 is 5.73 Å². The van der Waals surface area contributed by atoms with E-state index in [0.29, 0.717) is 0 Å². The van der Waals surface area contributed by atoms with Gasteiger partial charge in [0.05, 0.1) is 0 Å². The molecule has 0 aliphatic heterocycles. The molecule has 7 nitrogen and oxygen atoms in total. The number of rotatable bonds is 20. The summed E-state index contributed by atoms with van der Waals surface area (Å²) >= 11 is 2.00. The molecule has 0 saturated heterocycles. The Labute approximate surface area is 196 Å². The topological polar surface area (TPSA) is 124 Å². The monoisotopic (exact) mass is 485 g/mol. The molecule has 3 N–H and O–H groups in total. The predicted molar refractivity (Wildman–Crippen MR) is 116 cm³/mol. The molecule has 1 atom stereocenters. The van der Waals surface area contributed by atoms with Crippen LogP contribution in [0.25, 0.3) is 0 Å². The van der Waals surface area contributed by atoms with Crippen LogP contribution in [-0.4, -0.2) is 29.1 Å². The fraction of sp³-hybridized carbons (Fsp3) is 0.870. The second kappa shape index (κ2) is 25.2. The molecule has 0 heterocycles. The molecular formula is C23H43FeNO6. The number of carboxylic acids is 1. The van der Waals surface area contributed by atoms with Gasteiger partial charge in [-0.25, -0.2) is 0 Å². The fourth-order valence-corrected chi connectivity index (χ4v) is 3.27. The van der Waals surface area contributed by atoms with Crippen molar-refractivity contribution in [1.29, 1.82) is 0 Å². The molecule has 8 heteroatoms. The third-order valence-corrected chi connectivity index (χ3v) is 5.19. The van der Waals surface area contributed by atoms with Crippen molar-refractivity contribution in [2.24, 2.45) is 5.73 Å². The minimum atomic E-state index is -1.16. The standard InChI is InChI=1S/C23H43NO5.Fe.O/c1-2-3-4-5-6-7-8-9-10-11-12-13-14-15-16-17-21(25)29-22(26)19-18-20(24)23(27)28;;/h20H,2-19,24H2,1H3,(H,27,28);;/t20-;;/m0../s1. The zero-order valence-electron chi connectivity index (χ0n) is 19.2. The summed E-state index contributed by atoms with van der Waals surface area (Å²) in [6.07, 6.45) is 18.9. The normalized spacial score (nSPS) is 11.3. The SMILES string of the molecule is CCCCCCCCCCCCCCCCCC(=O)OC(=O)CC[C@H](N)C(=O)O.[O]=[Fe]. The molecule has 0 spiro atoms. The number of carbonyl (C=O) groups excluding carboxylic acids is 2. The summed E-state index contributed by atoms with van der Waals surface area (Å²) in [5, 5.41) is 8.63. The van der Waals surface area contributed by atoms with E-state index in [-0.39, 0.29) is 19.3 Å². The summed E-state index contributed by atoms with van der Waals surface area (Å²) in [6, 6.07) is -1.10. The minimum absolute atomic E-state index is 0.0274. The van der Waals surface area contributed by atoms with Gasteiger partial charge in [0.2, 0.25) is 0 Å². The Morgan fingerprint density at radius 3 is 1.45 bits per heavy atom. The van der Waals surface area contributed by atoms with Gasteiger partial charge in [0.1, 0.15) is 6.04 Å². The molecule has 0 bridgehead atoms. The van der Waals surface area contributed by atoms with Gasteiger partial charge in [0.15, 0.2) is 0 Å². The Balaban J connectivity index is 0. The molecule has 0 rings (SSSR count). The van der Waals surface area contributed by atoms with E-state index in [0.717, 1.165) is 19.3 Å². The first-order valence-corrected chi connectivity index (χ1v) is 12.3. The summed E-state index contributed by atoms with van der Waals surface area (Å²) in [5.74, 6) is -2.40. The number of hydrogen-bond donors (Lipinski definition) is 2. The van der Waals surface area contributed by atoms with Crippen LogP contribution in [0.5, 0.6) is 0 Å². The third-order valence-electron chi connectivity index (χ3n) is 5.19. The van der Waals surface area contributed by atoms with Crippen molar-refractivity contribution in [1.82, 2.24) is 0 Å². The Kier molecular flexibility index (Phi) is 26.0. The number of aliphatic carboxylic acids is 1. The van der Waals surface area contributed by atoms with Crippen molar-refractivity contribution in [3.05, 3.63) is 0 Å². The van der Waals surface area contributed by atoms with Crippen LogP contribution in [0.4, 0.5) is 0 Å². The number of unbranched alkanes of at least 4 members (excludes halogenated alkanes) is 14. The van der Waals surface area contributed by atoms with Gasteiger partial charge < -0.3 is 15.6 Å². The molecule has 0 radical (unpaired) electrons. The van der Waals surface area contributed by atoms with Crippen LogP contribution in [0.3, 0.4) is 0 Å². The Bertz CT molecular complexity index is 461. The van der Waals surface area contributed by atoms with Gasteiger partial charge in [-0.1, -0.05) is 96.8 Å². The molecule has 0 aromatic carbocycles. The fourth-order valence-electron chi connectivity index (χ4n) is 3.27. The van der Waals surface area contributed by atoms with Gasteiger partial charge in [-0.3, -0.25) is 14.4 Å². The second-order valence-corrected chi connectivity index (χ2v) is 8.03. The summed E-state index contributed by atoms with van der Waals surface area (Å²) in [6.45, 7) is 2.25. The zero-order chi connectivity index (χ0) is 23.7. The van der Waals surface area contributed by atoms with Gasteiger partial charge in [-0.2, -0.15) is 0 Å². The van der Waals surface area contributed by atoms with E-state index in [1.165, 1.54) is 77.0 Å². The summed E-state index contributed by atoms with van der Waals surface area (Å²) in [5.41, 5.74) is 5.30. The molecule has 184 valence electrons. The van der Waals surface area contributed by atoms with Gasteiger partial charge in [0.25, 0.3) is 0 Å². The van der Waals surface area contributed by atoms with Crippen molar-refractivity contribution in [2.45, 2.75) is 129 Å². The van der Waals surface area contributed by atoms with Crippen LogP contribution in [0, 0.1) is 0 Å². The van der Waals surface area contributed by atoms with Crippen LogP contribution in [0.1, 0.15) is 122 Å². The van der Waals surface area contributed by atoms with Crippen molar-refractivity contribution in [3.8, 4) is 0 Å². The van der Waals surface area contributed by atoms with Crippen LogP contribution in [0.2, 0.25) is 0 Å². The molecular weight excluding hydrogens is 442 g/mol. The first-order chi connectivity index (χ1) is 15.0. The predicted octanol–water partition coefficient (Wildman–Crippen LogP) is 5.39. The first-order valence-electron chi connectivity index (χ1n) is 11.8. The molecule has 0 saturated carbocycles. The Morgan fingerprint density at radius 2 is 1.06 bits per heavy atom. The van der Waals surface area contributed by atoms with Gasteiger partial charge >= 0.3 is 37.7 Å². The van der Waals surface area contributed by atoms with E-state index < -0.39 is 23.9 Å². The van der Waals surface area contributed by atoms with E-state index in [2.05, 4.69) is 11.7 Å². The maximum atomic E-state index is 11.6. The van der Waals surface area contributed by atoms with Crippen molar-refractivity contribution >= 4 is 17.9 Å². The average molecular weight is 485 g/mol. The van der Waals surface area contributed by atoms with E-state index in [9.17, 15) is 14.4 Å². The van der Waals surface area contributed by atoms with Crippen LogP contribution >= 0.6 is 0 Å². The van der Waals surface area contributed by atoms with Crippen LogP contribution in [-0.2, 0) is 38.9 Å². The first kappa shape index (κ1) is 32.1. The van der Waals surface area contributed by atoms with Crippen molar-refractivity contribution < 1.29 is 44.0 Å². The number of esters is 2. The van der Waals surface area contributed by atoms with Gasteiger partial charge in [-0.15, -0.1) is 0 Å². The van der Waals surface area contributed by atoms with E-state index >= 15 is 0 Å². The average Bonchev–Trinajstić information content (AvgIpc) is 2.76. The van der Waals surface area contributed by atoms with E-state index in [4.69, 9.17) is 14.7 Å².